The lowest BCUT2D eigenvalue weighted by atomic mass is 9.81. The van der Waals surface area contributed by atoms with Crippen LogP contribution in [-0.2, 0) is 9.59 Å². The number of carboxylic acids is 1. The fraction of sp³-hybridized carbons (Fsp3) is 0.526. The van der Waals surface area contributed by atoms with E-state index in [2.05, 4.69) is 17.1 Å². The van der Waals surface area contributed by atoms with E-state index in [0.717, 1.165) is 13.0 Å². The number of nitrogens with zero attached hydrogens (tertiary/aromatic N) is 2. The summed E-state index contributed by atoms with van der Waals surface area (Å²) >= 11 is 0. The van der Waals surface area contributed by atoms with Gasteiger partial charge in [0.05, 0.1) is 5.69 Å². The molecule has 3 aliphatic rings. The number of amides is 2. The monoisotopic (exact) mass is 373 g/mol. The Hall–Kier alpha value is -2.61. The van der Waals surface area contributed by atoms with Crippen molar-refractivity contribution in [1.82, 2.24) is 9.80 Å². The van der Waals surface area contributed by atoms with Gasteiger partial charge in [0, 0.05) is 37.7 Å². The lowest BCUT2D eigenvalue weighted by Gasteiger charge is -2.25. The number of aliphatic carboxylic acids is 1. The Labute approximate surface area is 157 Å². The van der Waals surface area contributed by atoms with Gasteiger partial charge in [-0.3, -0.25) is 14.4 Å². The highest BCUT2D eigenvalue weighted by atomic mass is 16.5. The molecule has 1 aromatic carbocycles. The van der Waals surface area contributed by atoms with E-state index in [0.29, 0.717) is 36.6 Å². The van der Waals surface area contributed by atoms with Crippen LogP contribution < -0.4 is 10.1 Å². The smallest absolute Gasteiger partial charge is 0.313 e. The number of hydrogen-bond donors (Lipinski definition) is 2. The highest BCUT2D eigenvalue weighted by Gasteiger charge is 2.58. The van der Waals surface area contributed by atoms with Crippen LogP contribution >= 0.6 is 0 Å². The molecule has 2 fully saturated rings. The average Bonchev–Trinajstić information content (AvgIpc) is 3.16. The summed E-state index contributed by atoms with van der Waals surface area (Å²) in [6.45, 7) is 4.76. The first-order valence-corrected chi connectivity index (χ1v) is 9.24. The molecule has 4 rings (SSSR count). The number of hydrogen-bond acceptors (Lipinski definition) is 5. The molecule has 0 unspecified atom stereocenters. The van der Waals surface area contributed by atoms with Gasteiger partial charge in [-0.05, 0) is 31.2 Å². The topological polar surface area (TPSA) is 99.2 Å². The van der Waals surface area contributed by atoms with Crippen molar-refractivity contribution in [3.8, 4) is 5.75 Å². The second kappa shape index (κ2) is 6.53. The van der Waals surface area contributed by atoms with E-state index < -0.39 is 11.4 Å². The zero-order valence-corrected chi connectivity index (χ0v) is 15.2. The Balaban J connectivity index is 1.53. The summed E-state index contributed by atoms with van der Waals surface area (Å²) in [6, 6.07) is 4.90. The third-order valence-corrected chi connectivity index (χ3v) is 5.79. The van der Waals surface area contributed by atoms with Gasteiger partial charge in [-0.2, -0.15) is 0 Å². The summed E-state index contributed by atoms with van der Waals surface area (Å²) in [4.78, 5) is 40.2. The van der Waals surface area contributed by atoms with E-state index in [1.807, 2.05) is 0 Å². The molecule has 3 aliphatic heterocycles. The highest BCUT2D eigenvalue weighted by molar-refractivity contribution is 5.99. The molecule has 0 aromatic heterocycles. The van der Waals surface area contributed by atoms with Crippen LogP contribution in [0.15, 0.2) is 18.2 Å². The summed E-state index contributed by atoms with van der Waals surface area (Å²) in [5.41, 5.74) is 0.0953. The summed E-state index contributed by atoms with van der Waals surface area (Å²) in [5.74, 6) is -0.845. The first-order chi connectivity index (χ1) is 12.9. The van der Waals surface area contributed by atoms with Crippen LogP contribution in [0.4, 0.5) is 5.69 Å². The number of fused-ring (bicyclic) bond motifs is 2. The fourth-order valence-electron chi connectivity index (χ4n) is 4.50. The van der Waals surface area contributed by atoms with E-state index in [9.17, 15) is 19.5 Å². The maximum atomic E-state index is 13.0. The maximum absolute atomic E-state index is 13.0. The Morgan fingerprint density at radius 3 is 2.85 bits per heavy atom. The molecule has 0 spiro atoms. The first kappa shape index (κ1) is 17.8. The molecular formula is C19H23N3O5. The third-order valence-electron chi connectivity index (χ3n) is 5.79. The van der Waals surface area contributed by atoms with Gasteiger partial charge in [0.25, 0.3) is 11.8 Å². The molecule has 3 heterocycles. The molecule has 1 aromatic rings. The molecule has 2 saturated heterocycles. The molecule has 0 bridgehead atoms. The molecule has 2 atom stereocenters. The molecule has 0 saturated carbocycles. The number of likely N-dealkylation sites (tertiary alicyclic amines) is 2. The minimum Gasteiger partial charge on any atom is -0.482 e. The Bertz CT molecular complexity index is 811. The number of benzene rings is 1. The molecule has 2 N–H and O–H groups in total. The summed E-state index contributed by atoms with van der Waals surface area (Å²) < 4.78 is 5.38. The van der Waals surface area contributed by atoms with E-state index in [1.54, 1.807) is 23.1 Å². The van der Waals surface area contributed by atoms with Gasteiger partial charge in [-0.1, -0.05) is 6.92 Å². The van der Waals surface area contributed by atoms with Crippen molar-refractivity contribution < 1.29 is 24.2 Å². The van der Waals surface area contributed by atoms with Crippen LogP contribution in [0.3, 0.4) is 0 Å². The number of nitrogens with one attached hydrogen (secondary N) is 1. The quantitative estimate of drug-likeness (QED) is 0.813. The number of ether oxygens (including phenoxy) is 1. The van der Waals surface area contributed by atoms with E-state index in [1.165, 1.54) is 0 Å². The van der Waals surface area contributed by atoms with E-state index >= 15 is 0 Å². The Morgan fingerprint density at radius 2 is 2.15 bits per heavy atom. The number of carbonyl (C=O) groups is 3. The third kappa shape index (κ3) is 2.93. The first-order valence-electron chi connectivity index (χ1n) is 9.24. The zero-order chi connectivity index (χ0) is 19.2. The van der Waals surface area contributed by atoms with Gasteiger partial charge < -0.3 is 25.0 Å². The predicted octanol–water partition coefficient (Wildman–Crippen LogP) is 0.886. The van der Waals surface area contributed by atoms with Crippen molar-refractivity contribution in [3.05, 3.63) is 23.8 Å². The number of anilines is 1. The van der Waals surface area contributed by atoms with Crippen molar-refractivity contribution in [1.29, 1.82) is 0 Å². The molecule has 8 heteroatoms. The van der Waals surface area contributed by atoms with Gasteiger partial charge in [-0.25, -0.2) is 0 Å². The van der Waals surface area contributed by atoms with Gasteiger partial charge in [-0.15, -0.1) is 0 Å². The maximum Gasteiger partial charge on any atom is 0.313 e. The Morgan fingerprint density at radius 1 is 1.33 bits per heavy atom. The van der Waals surface area contributed by atoms with Crippen LogP contribution in [0, 0.1) is 11.3 Å². The highest BCUT2D eigenvalue weighted by Crippen LogP contribution is 2.43. The van der Waals surface area contributed by atoms with Crippen molar-refractivity contribution in [2.75, 3.05) is 44.6 Å². The van der Waals surface area contributed by atoms with Gasteiger partial charge >= 0.3 is 5.97 Å². The van der Waals surface area contributed by atoms with E-state index in [-0.39, 0.29) is 30.9 Å². The summed E-state index contributed by atoms with van der Waals surface area (Å²) in [5, 5.41) is 12.6. The molecule has 144 valence electrons. The molecular weight excluding hydrogens is 350 g/mol. The SMILES string of the molecule is CCCN1C[C@H]2CN(C(=O)c3ccc4c(c3)OCC(=O)N4)C[C@@]2(C(=O)O)C1. The van der Waals surface area contributed by atoms with E-state index in [4.69, 9.17) is 4.74 Å². The van der Waals surface area contributed by atoms with Crippen LogP contribution in [0.1, 0.15) is 23.7 Å². The lowest BCUT2D eigenvalue weighted by Crippen LogP contribution is -2.42. The largest absolute Gasteiger partial charge is 0.482 e. The minimum atomic E-state index is -0.885. The van der Waals surface area contributed by atoms with Crippen molar-refractivity contribution in [3.63, 3.8) is 0 Å². The molecule has 27 heavy (non-hydrogen) atoms. The predicted molar refractivity (Wildman–Crippen MR) is 96.8 cm³/mol. The Kier molecular flexibility index (Phi) is 4.30. The summed E-state index contributed by atoms with van der Waals surface area (Å²) in [7, 11) is 0. The second-order valence-electron chi connectivity index (χ2n) is 7.63. The molecule has 2 amide bonds. The normalized spacial score (nSPS) is 26.9. The standard InChI is InChI=1S/C19H23N3O5/c1-2-5-21-7-13-8-22(11-19(13,10-21)18(25)26)17(24)12-3-4-14-15(6-12)27-9-16(23)20-14/h3-4,6,13H,2,5,7-11H2,1H3,(H,20,23)(H,25,26)/t13-,19-/m0/s1. The van der Waals surface area contributed by atoms with Gasteiger partial charge in [0.15, 0.2) is 6.61 Å². The molecule has 8 nitrogen and oxygen atoms in total. The van der Waals surface area contributed by atoms with Crippen molar-refractivity contribution in [2.45, 2.75) is 13.3 Å². The van der Waals surface area contributed by atoms with Crippen LogP contribution in [0.5, 0.6) is 5.75 Å². The number of rotatable bonds is 4. The van der Waals surface area contributed by atoms with Crippen LogP contribution in [0.25, 0.3) is 0 Å². The van der Waals surface area contributed by atoms with Crippen LogP contribution in [-0.4, -0.2) is 72.0 Å². The summed E-state index contributed by atoms with van der Waals surface area (Å²) in [6.07, 6.45) is 0.983. The number of carboxylic acid groups (broad SMARTS) is 1. The number of carbonyl (C=O) groups excluding carboxylic acids is 2. The molecule has 0 radical (unpaired) electrons. The fourth-order valence-corrected chi connectivity index (χ4v) is 4.50. The van der Waals surface area contributed by atoms with Crippen molar-refractivity contribution >= 4 is 23.5 Å². The van der Waals surface area contributed by atoms with Crippen LogP contribution in [0.2, 0.25) is 0 Å². The van der Waals surface area contributed by atoms with Gasteiger partial charge in [0.1, 0.15) is 11.2 Å². The second-order valence-corrected chi connectivity index (χ2v) is 7.63. The average molecular weight is 373 g/mol. The van der Waals surface area contributed by atoms with Gasteiger partial charge in [0.2, 0.25) is 0 Å². The van der Waals surface area contributed by atoms with Crippen molar-refractivity contribution in [2.24, 2.45) is 11.3 Å². The minimum absolute atomic E-state index is 0.0568. The zero-order valence-electron chi connectivity index (χ0n) is 15.2. The molecule has 0 aliphatic carbocycles. The lowest BCUT2D eigenvalue weighted by molar-refractivity contribution is -0.148.